The Morgan fingerprint density at radius 2 is 2.10 bits per heavy atom. The van der Waals surface area contributed by atoms with Gasteiger partial charge in [-0.3, -0.25) is 4.79 Å². The van der Waals surface area contributed by atoms with Gasteiger partial charge in [-0.1, -0.05) is 30.0 Å². The first-order valence-electron chi connectivity index (χ1n) is 6.61. The van der Waals surface area contributed by atoms with Crippen LogP contribution in [0.5, 0.6) is 0 Å². The summed E-state index contributed by atoms with van der Waals surface area (Å²) >= 11 is 1.42. The number of benzene rings is 1. The molecule has 0 aliphatic heterocycles. The zero-order valence-electron chi connectivity index (χ0n) is 11.2. The molecule has 0 radical (unpaired) electrons. The highest BCUT2D eigenvalue weighted by atomic mass is 32.2. The summed E-state index contributed by atoms with van der Waals surface area (Å²) in [6.45, 7) is 0. The zero-order valence-corrected chi connectivity index (χ0v) is 12.1. The number of hydrogen-bond acceptors (Lipinski definition) is 4. The molecule has 6 heteroatoms. The zero-order chi connectivity index (χ0) is 13.9. The van der Waals surface area contributed by atoms with Crippen LogP contribution in [-0.2, 0) is 11.8 Å². The molecule has 1 heterocycles. The molecule has 5 nitrogen and oxygen atoms in total. The molecular weight excluding hydrogens is 272 g/mol. The Hall–Kier alpha value is -1.82. The Balaban J connectivity index is 1.55. The number of carbonyl (C=O) groups excluding carboxylic acids is 1. The molecule has 3 rings (SSSR count). The van der Waals surface area contributed by atoms with Crippen LogP contribution in [0.2, 0.25) is 0 Å². The summed E-state index contributed by atoms with van der Waals surface area (Å²) < 4.78 is 2.00. The number of carbonyl (C=O) groups is 1. The number of para-hydroxylation sites is 1. The highest BCUT2D eigenvalue weighted by molar-refractivity contribution is 7.99. The van der Waals surface area contributed by atoms with Crippen LogP contribution in [-0.4, -0.2) is 26.4 Å². The Bertz CT molecular complexity index is 607. The van der Waals surface area contributed by atoms with E-state index in [9.17, 15) is 4.79 Å². The molecule has 1 aromatic carbocycles. The number of nitrogens with zero attached hydrogens (tertiary/aromatic N) is 3. The quantitative estimate of drug-likeness (QED) is 0.858. The highest BCUT2D eigenvalue weighted by Gasteiger charge is 2.29. The van der Waals surface area contributed by atoms with Crippen LogP contribution in [0.15, 0.2) is 35.5 Å². The lowest BCUT2D eigenvalue weighted by atomic mass is 10.3. The molecular formula is C14H16N4OS. The minimum Gasteiger partial charge on any atom is -0.325 e. The lowest BCUT2D eigenvalue weighted by Crippen LogP contribution is -2.14. The number of amides is 1. The summed E-state index contributed by atoms with van der Waals surface area (Å²) in [5.74, 6) is 1.92. The summed E-state index contributed by atoms with van der Waals surface area (Å²) in [4.78, 5) is 11.9. The first-order chi connectivity index (χ1) is 9.74. The van der Waals surface area contributed by atoms with E-state index in [1.54, 1.807) is 0 Å². The van der Waals surface area contributed by atoms with Crippen molar-refractivity contribution >= 4 is 23.4 Å². The predicted molar refractivity (Wildman–Crippen MR) is 78.8 cm³/mol. The Morgan fingerprint density at radius 1 is 1.35 bits per heavy atom. The summed E-state index contributed by atoms with van der Waals surface area (Å²) in [5, 5.41) is 12.0. The smallest absolute Gasteiger partial charge is 0.234 e. The number of aromatic nitrogens is 3. The summed E-state index contributed by atoms with van der Waals surface area (Å²) in [6, 6.07) is 9.45. The second kappa shape index (κ2) is 5.66. The maximum Gasteiger partial charge on any atom is 0.234 e. The first kappa shape index (κ1) is 13.2. The van der Waals surface area contributed by atoms with Gasteiger partial charge in [0.15, 0.2) is 5.16 Å². The van der Waals surface area contributed by atoms with Crippen molar-refractivity contribution in [2.24, 2.45) is 7.05 Å². The van der Waals surface area contributed by atoms with Gasteiger partial charge in [-0.15, -0.1) is 10.2 Å². The fourth-order valence-corrected chi connectivity index (χ4v) is 2.72. The molecule has 1 aliphatic rings. The van der Waals surface area contributed by atoms with Crippen molar-refractivity contribution in [3.63, 3.8) is 0 Å². The normalized spacial score (nSPS) is 14.2. The van der Waals surface area contributed by atoms with E-state index >= 15 is 0 Å². The summed E-state index contributed by atoms with van der Waals surface area (Å²) in [5.41, 5.74) is 0.815. The second-order valence-corrected chi connectivity index (χ2v) is 5.82. The minimum absolute atomic E-state index is 0.0304. The molecule has 104 valence electrons. The van der Waals surface area contributed by atoms with Crippen molar-refractivity contribution in [3.8, 4) is 0 Å². The van der Waals surface area contributed by atoms with Crippen LogP contribution in [0.1, 0.15) is 24.6 Å². The van der Waals surface area contributed by atoms with Gasteiger partial charge in [0.2, 0.25) is 5.91 Å². The average Bonchev–Trinajstić information content (AvgIpc) is 3.22. The van der Waals surface area contributed by atoms with Crippen molar-refractivity contribution in [2.45, 2.75) is 23.9 Å². The molecule has 0 atom stereocenters. The van der Waals surface area contributed by atoms with Gasteiger partial charge in [0.25, 0.3) is 0 Å². The van der Waals surface area contributed by atoms with E-state index in [1.807, 2.05) is 41.9 Å². The summed E-state index contributed by atoms with van der Waals surface area (Å²) in [7, 11) is 1.96. The van der Waals surface area contributed by atoms with E-state index in [0.717, 1.165) is 16.7 Å². The van der Waals surface area contributed by atoms with Crippen LogP contribution in [0.4, 0.5) is 5.69 Å². The Morgan fingerprint density at radius 3 is 2.80 bits per heavy atom. The topological polar surface area (TPSA) is 59.8 Å². The maximum atomic E-state index is 11.9. The van der Waals surface area contributed by atoms with Crippen molar-refractivity contribution in [2.75, 3.05) is 11.1 Å². The molecule has 20 heavy (non-hydrogen) atoms. The molecule has 0 bridgehead atoms. The van der Waals surface area contributed by atoms with E-state index in [2.05, 4.69) is 15.5 Å². The molecule has 1 fully saturated rings. The largest absolute Gasteiger partial charge is 0.325 e. The van der Waals surface area contributed by atoms with Gasteiger partial charge in [-0.05, 0) is 25.0 Å². The molecule has 0 saturated heterocycles. The van der Waals surface area contributed by atoms with E-state index in [-0.39, 0.29) is 5.91 Å². The van der Waals surface area contributed by atoms with Crippen molar-refractivity contribution in [1.82, 2.24) is 14.8 Å². The fourth-order valence-electron chi connectivity index (χ4n) is 2.00. The van der Waals surface area contributed by atoms with Crippen molar-refractivity contribution in [1.29, 1.82) is 0 Å². The third kappa shape index (κ3) is 3.01. The first-order valence-corrected chi connectivity index (χ1v) is 7.59. The molecule has 1 saturated carbocycles. The van der Waals surface area contributed by atoms with Gasteiger partial charge < -0.3 is 9.88 Å². The number of thioether (sulfide) groups is 1. The van der Waals surface area contributed by atoms with Gasteiger partial charge >= 0.3 is 0 Å². The van der Waals surface area contributed by atoms with Gasteiger partial charge in [0.1, 0.15) is 5.82 Å². The third-order valence-electron chi connectivity index (χ3n) is 3.20. The molecule has 1 aromatic heterocycles. The lowest BCUT2D eigenvalue weighted by molar-refractivity contribution is -0.113. The molecule has 1 amide bonds. The van der Waals surface area contributed by atoms with Gasteiger partial charge in [-0.2, -0.15) is 0 Å². The Labute approximate surface area is 121 Å². The lowest BCUT2D eigenvalue weighted by Gasteiger charge is -2.05. The predicted octanol–water partition coefficient (Wildman–Crippen LogP) is 2.42. The van der Waals surface area contributed by atoms with Gasteiger partial charge in [-0.25, -0.2) is 0 Å². The van der Waals surface area contributed by atoms with Gasteiger partial charge in [0, 0.05) is 18.7 Å². The number of hydrogen-bond donors (Lipinski definition) is 1. The molecule has 2 aromatic rings. The van der Waals surface area contributed by atoms with Crippen LogP contribution < -0.4 is 5.32 Å². The van der Waals surface area contributed by atoms with Crippen LogP contribution in [0, 0.1) is 0 Å². The SMILES string of the molecule is Cn1c(SCC(=O)Nc2ccccc2)nnc1C1CC1. The number of nitrogens with one attached hydrogen (secondary N) is 1. The van der Waals surface area contributed by atoms with Crippen LogP contribution in [0.3, 0.4) is 0 Å². The number of anilines is 1. The molecule has 1 N–H and O–H groups in total. The number of rotatable bonds is 5. The average molecular weight is 288 g/mol. The standard InChI is InChI=1S/C14H16N4OS/c1-18-13(10-7-8-10)16-17-14(18)20-9-12(19)15-11-5-3-2-4-6-11/h2-6,10H,7-9H2,1H3,(H,15,19). The van der Waals surface area contributed by atoms with Crippen molar-refractivity contribution < 1.29 is 4.79 Å². The molecule has 1 aliphatic carbocycles. The van der Waals surface area contributed by atoms with E-state index in [1.165, 1.54) is 24.6 Å². The van der Waals surface area contributed by atoms with E-state index in [0.29, 0.717) is 11.7 Å². The molecule has 0 spiro atoms. The third-order valence-corrected chi connectivity index (χ3v) is 4.22. The fraction of sp³-hybridized carbons (Fsp3) is 0.357. The monoisotopic (exact) mass is 288 g/mol. The Kier molecular flexibility index (Phi) is 3.73. The van der Waals surface area contributed by atoms with Gasteiger partial charge in [0.05, 0.1) is 5.75 Å². The summed E-state index contributed by atoms with van der Waals surface area (Å²) in [6.07, 6.45) is 2.40. The highest BCUT2D eigenvalue weighted by Crippen LogP contribution is 2.39. The van der Waals surface area contributed by atoms with Crippen LogP contribution >= 0.6 is 11.8 Å². The maximum absolute atomic E-state index is 11.9. The van der Waals surface area contributed by atoms with E-state index < -0.39 is 0 Å². The van der Waals surface area contributed by atoms with E-state index in [4.69, 9.17) is 0 Å². The van der Waals surface area contributed by atoms with Crippen LogP contribution in [0.25, 0.3) is 0 Å². The van der Waals surface area contributed by atoms with Crippen molar-refractivity contribution in [3.05, 3.63) is 36.2 Å². The minimum atomic E-state index is -0.0304. The second-order valence-electron chi connectivity index (χ2n) is 4.88. The molecule has 0 unspecified atom stereocenters.